The monoisotopic (exact) mass is 418 g/mol. The number of hydrogen-bond acceptors (Lipinski definition) is 2. The predicted octanol–water partition coefficient (Wildman–Crippen LogP) is 6.13. The molecule has 0 aliphatic carbocycles. The third-order valence-electron chi connectivity index (χ3n) is 2.43. The number of rotatable bonds is 2. The van der Waals surface area contributed by atoms with Crippen LogP contribution in [-0.2, 0) is 0 Å². The van der Waals surface area contributed by atoms with Crippen molar-refractivity contribution in [2.24, 2.45) is 0 Å². The highest BCUT2D eigenvalue weighted by Gasteiger charge is 2.11. The SMILES string of the molecule is N#Cc1c(Br)cccc1Nc1ccc(Br)c(Cl)c1Cl. The number of nitriles is 1. The predicted molar refractivity (Wildman–Crippen MR) is 86.3 cm³/mol. The maximum Gasteiger partial charge on any atom is 0.103 e. The van der Waals surface area contributed by atoms with Crippen molar-refractivity contribution in [3.63, 3.8) is 0 Å². The second-order valence-corrected chi connectivity index (χ2v) is 6.09. The van der Waals surface area contributed by atoms with Gasteiger partial charge in [-0.2, -0.15) is 5.26 Å². The maximum absolute atomic E-state index is 9.16. The van der Waals surface area contributed by atoms with Gasteiger partial charge in [0.15, 0.2) is 0 Å². The minimum absolute atomic E-state index is 0.403. The standard InChI is InChI=1S/C13H6Br2Cl2N2/c14-8-2-1-3-10(7(8)6-18)19-11-5-4-9(15)12(16)13(11)17/h1-5,19H. The Morgan fingerprint density at radius 1 is 0.947 bits per heavy atom. The molecule has 0 spiro atoms. The zero-order chi connectivity index (χ0) is 14.0. The first-order chi connectivity index (χ1) is 9.04. The van der Waals surface area contributed by atoms with Crippen LogP contribution in [0.5, 0.6) is 0 Å². The first-order valence-corrected chi connectivity index (χ1v) is 7.48. The van der Waals surface area contributed by atoms with Crippen LogP contribution < -0.4 is 5.32 Å². The molecular weight excluding hydrogens is 415 g/mol. The minimum atomic E-state index is 0.403. The smallest absolute Gasteiger partial charge is 0.103 e. The molecule has 96 valence electrons. The largest absolute Gasteiger partial charge is 0.353 e. The van der Waals surface area contributed by atoms with E-state index in [9.17, 15) is 0 Å². The van der Waals surface area contributed by atoms with Crippen LogP contribution in [0.3, 0.4) is 0 Å². The molecule has 0 saturated heterocycles. The molecule has 0 unspecified atom stereocenters. The van der Waals surface area contributed by atoms with Gasteiger partial charge in [0, 0.05) is 8.95 Å². The number of benzene rings is 2. The molecule has 2 aromatic carbocycles. The maximum atomic E-state index is 9.16. The normalized spacial score (nSPS) is 10.1. The van der Waals surface area contributed by atoms with E-state index in [-0.39, 0.29) is 0 Å². The zero-order valence-electron chi connectivity index (χ0n) is 9.35. The average molecular weight is 421 g/mol. The molecule has 1 N–H and O–H groups in total. The molecular formula is C13H6Br2Cl2N2. The van der Waals surface area contributed by atoms with Crippen molar-refractivity contribution in [3.8, 4) is 6.07 Å². The zero-order valence-corrected chi connectivity index (χ0v) is 14.0. The number of anilines is 2. The van der Waals surface area contributed by atoms with Crippen LogP contribution in [0.25, 0.3) is 0 Å². The number of halogens is 4. The second kappa shape index (κ2) is 6.15. The fourth-order valence-electron chi connectivity index (χ4n) is 1.51. The van der Waals surface area contributed by atoms with E-state index in [1.165, 1.54) is 0 Å². The molecule has 2 aromatic rings. The lowest BCUT2D eigenvalue weighted by Crippen LogP contribution is -1.95. The lowest BCUT2D eigenvalue weighted by molar-refractivity contribution is 1.44. The Morgan fingerprint density at radius 2 is 1.68 bits per heavy atom. The fraction of sp³-hybridized carbons (Fsp3) is 0. The molecule has 0 saturated carbocycles. The van der Waals surface area contributed by atoms with E-state index in [1.807, 2.05) is 6.07 Å². The summed E-state index contributed by atoms with van der Waals surface area (Å²) in [5, 5.41) is 13.1. The van der Waals surface area contributed by atoms with E-state index < -0.39 is 0 Å². The second-order valence-electron chi connectivity index (χ2n) is 3.62. The van der Waals surface area contributed by atoms with Crippen molar-refractivity contribution in [3.05, 3.63) is 54.9 Å². The highest BCUT2D eigenvalue weighted by molar-refractivity contribution is 9.10. The van der Waals surface area contributed by atoms with Crippen LogP contribution in [0, 0.1) is 11.3 Å². The summed E-state index contributed by atoms with van der Waals surface area (Å²) in [6.07, 6.45) is 0. The van der Waals surface area contributed by atoms with Gasteiger partial charge in [0.05, 0.1) is 27.0 Å². The molecule has 0 radical (unpaired) electrons. The summed E-state index contributed by atoms with van der Waals surface area (Å²) in [4.78, 5) is 0. The van der Waals surface area contributed by atoms with Gasteiger partial charge in [-0.25, -0.2) is 0 Å². The molecule has 0 amide bonds. The van der Waals surface area contributed by atoms with Gasteiger partial charge in [0.25, 0.3) is 0 Å². The van der Waals surface area contributed by atoms with Crippen molar-refractivity contribution < 1.29 is 0 Å². The van der Waals surface area contributed by atoms with Gasteiger partial charge < -0.3 is 5.32 Å². The quantitative estimate of drug-likeness (QED) is 0.593. The van der Waals surface area contributed by atoms with Crippen molar-refractivity contribution in [1.82, 2.24) is 0 Å². The van der Waals surface area contributed by atoms with Gasteiger partial charge >= 0.3 is 0 Å². The van der Waals surface area contributed by atoms with Gasteiger partial charge in [0.2, 0.25) is 0 Å². The minimum Gasteiger partial charge on any atom is -0.353 e. The Hall–Kier alpha value is -0.730. The Bertz CT molecular complexity index is 681. The average Bonchev–Trinajstić information content (AvgIpc) is 2.40. The number of hydrogen-bond donors (Lipinski definition) is 1. The molecule has 2 rings (SSSR count). The summed E-state index contributed by atoms with van der Waals surface area (Å²) >= 11 is 18.9. The van der Waals surface area contributed by atoms with Gasteiger partial charge in [-0.3, -0.25) is 0 Å². The van der Waals surface area contributed by atoms with Crippen molar-refractivity contribution in [2.45, 2.75) is 0 Å². The molecule has 0 aromatic heterocycles. The van der Waals surface area contributed by atoms with E-state index in [0.29, 0.717) is 27.0 Å². The fourth-order valence-corrected chi connectivity index (χ4v) is 2.79. The van der Waals surface area contributed by atoms with Crippen LogP contribution in [0.4, 0.5) is 11.4 Å². The molecule has 2 nitrogen and oxygen atoms in total. The van der Waals surface area contributed by atoms with Gasteiger partial charge in [-0.05, 0) is 56.1 Å². The molecule has 0 bridgehead atoms. The van der Waals surface area contributed by atoms with Crippen LogP contribution in [-0.4, -0.2) is 0 Å². The Morgan fingerprint density at radius 3 is 2.37 bits per heavy atom. The third kappa shape index (κ3) is 3.06. The first kappa shape index (κ1) is 14.7. The lowest BCUT2D eigenvalue weighted by atomic mass is 10.2. The molecule has 0 aliphatic heterocycles. The van der Waals surface area contributed by atoms with Crippen LogP contribution in [0.15, 0.2) is 39.3 Å². The third-order valence-corrected chi connectivity index (χ3v) is 4.86. The summed E-state index contributed by atoms with van der Waals surface area (Å²) in [6, 6.07) is 11.2. The highest BCUT2D eigenvalue weighted by Crippen LogP contribution is 2.38. The van der Waals surface area contributed by atoms with Gasteiger partial charge in [-0.1, -0.05) is 29.3 Å². The van der Waals surface area contributed by atoms with E-state index in [4.69, 9.17) is 28.5 Å². The Labute approximate surface area is 137 Å². The summed E-state index contributed by atoms with van der Waals surface area (Å²) in [6.45, 7) is 0. The van der Waals surface area contributed by atoms with Crippen LogP contribution in [0.2, 0.25) is 10.0 Å². The summed E-state index contributed by atoms with van der Waals surface area (Å²) in [5.41, 5.74) is 1.82. The van der Waals surface area contributed by atoms with E-state index in [0.717, 1.165) is 8.95 Å². The molecule has 0 fully saturated rings. The Balaban J connectivity index is 2.46. The molecule has 0 heterocycles. The first-order valence-electron chi connectivity index (χ1n) is 5.13. The number of nitrogens with zero attached hydrogens (tertiary/aromatic N) is 1. The van der Waals surface area contributed by atoms with Gasteiger partial charge in [0.1, 0.15) is 6.07 Å². The number of nitrogens with one attached hydrogen (secondary N) is 1. The summed E-state index contributed by atoms with van der Waals surface area (Å²) in [5.74, 6) is 0. The Kier molecular flexibility index (Phi) is 4.75. The van der Waals surface area contributed by atoms with E-state index in [2.05, 4.69) is 43.2 Å². The molecule has 0 aliphatic rings. The van der Waals surface area contributed by atoms with Gasteiger partial charge in [-0.15, -0.1) is 0 Å². The van der Waals surface area contributed by atoms with Crippen LogP contribution in [0.1, 0.15) is 5.56 Å². The van der Waals surface area contributed by atoms with Crippen molar-refractivity contribution in [2.75, 3.05) is 5.32 Å². The van der Waals surface area contributed by atoms with Crippen molar-refractivity contribution >= 4 is 66.4 Å². The molecule has 19 heavy (non-hydrogen) atoms. The summed E-state index contributed by atoms with van der Waals surface area (Å²) in [7, 11) is 0. The summed E-state index contributed by atoms with van der Waals surface area (Å²) < 4.78 is 1.44. The topological polar surface area (TPSA) is 35.8 Å². The lowest BCUT2D eigenvalue weighted by Gasteiger charge is -2.12. The van der Waals surface area contributed by atoms with Crippen LogP contribution >= 0.6 is 55.1 Å². The van der Waals surface area contributed by atoms with E-state index >= 15 is 0 Å². The van der Waals surface area contributed by atoms with Crippen molar-refractivity contribution in [1.29, 1.82) is 5.26 Å². The molecule has 6 heteroatoms. The highest BCUT2D eigenvalue weighted by atomic mass is 79.9. The van der Waals surface area contributed by atoms with E-state index in [1.54, 1.807) is 24.3 Å². The molecule has 0 atom stereocenters.